The van der Waals surface area contributed by atoms with Gasteiger partial charge in [-0.25, -0.2) is 4.98 Å². The molecule has 1 amide bonds. The largest absolute Gasteiger partial charge is 0.350 e. The topological polar surface area (TPSA) is 42.0 Å². The highest BCUT2D eigenvalue weighted by molar-refractivity contribution is 9.10. The Morgan fingerprint density at radius 2 is 2.22 bits per heavy atom. The van der Waals surface area contributed by atoms with Crippen molar-refractivity contribution in [3.63, 3.8) is 0 Å². The van der Waals surface area contributed by atoms with Crippen LogP contribution in [0.25, 0.3) is 0 Å². The number of alkyl halides is 1. The monoisotopic (exact) mass is 330 g/mol. The summed E-state index contributed by atoms with van der Waals surface area (Å²) in [6, 6.07) is 3.52. The molecule has 1 heterocycles. The van der Waals surface area contributed by atoms with Crippen LogP contribution >= 0.6 is 27.5 Å². The summed E-state index contributed by atoms with van der Waals surface area (Å²) < 4.78 is 0.868. The molecule has 2 atom stereocenters. The number of halogens is 2. The van der Waals surface area contributed by atoms with Gasteiger partial charge in [-0.2, -0.15) is 0 Å². The number of pyridine rings is 1. The number of carbonyl (C=O) groups excluding carboxylic acids is 1. The number of rotatable bonds is 3. The number of hydrogen-bond acceptors (Lipinski definition) is 2. The second kappa shape index (κ2) is 6.53. The summed E-state index contributed by atoms with van der Waals surface area (Å²) in [6.07, 6.45) is 6.19. The van der Waals surface area contributed by atoms with Crippen molar-refractivity contribution in [3.05, 3.63) is 28.5 Å². The Kier molecular flexibility index (Phi) is 5.01. The molecular formula is C13H16BrClN2O. The Hall–Kier alpha value is -0.610. The molecule has 0 saturated heterocycles. The fraction of sp³-hybridized carbons (Fsp3) is 0.538. The van der Waals surface area contributed by atoms with Crippen LogP contribution in [-0.4, -0.2) is 22.8 Å². The molecule has 1 aromatic rings. The lowest BCUT2D eigenvalue weighted by Gasteiger charge is -2.26. The van der Waals surface area contributed by atoms with E-state index in [0.717, 1.165) is 17.3 Å². The van der Waals surface area contributed by atoms with Crippen molar-refractivity contribution in [2.45, 2.75) is 31.1 Å². The van der Waals surface area contributed by atoms with Gasteiger partial charge in [-0.1, -0.05) is 12.8 Å². The molecule has 0 radical (unpaired) electrons. The first kappa shape index (κ1) is 13.8. The van der Waals surface area contributed by atoms with E-state index in [1.165, 1.54) is 12.8 Å². The summed E-state index contributed by atoms with van der Waals surface area (Å²) in [4.78, 5) is 15.9. The highest BCUT2D eigenvalue weighted by atomic mass is 79.9. The molecule has 1 saturated carbocycles. The summed E-state index contributed by atoms with van der Waals surface area (Å²) in [5.41, 5.74) is 0.445. The molecule has 2 unspecified atom stereocenters. The third-order valence-corrected chi connectivity index (χ3v) is 4.34. The molecule has 3 nitrogen and oxygen atoms in total. The van der Waals surface area contributed by atoms with Gasteiger partial charge in [0.15, 0.2) is 0 Å². The molecule has 0 aliphatic heterocycles. The molecule has 5 heteroatoms. The highest BCUT2D eigenvalue weighted by Gasteiger charge is 2.23. The fourth-order valence-corrected chi connectivity index (χ4v) is 2.82. The van der Waals surface area contributed by atoms with Gasteiger partial charge in [0, 0.05) is 22.6 Å². The van der Waals surface area contributed by atoms with E-state index in [4.69, 9.17) is 11.6 Å². The molecule has 1 aliphatic rings. The minimum absolute atomic E-state index is 0.128. The lowest BCUT2D eigenvalue weighted by molar-refractivity contribution is 0.0939. The second-order valence-electron chi connectivity index (χ2n) is 4.63. The number of hydrogen-bond donors (Lipinski definition) is 1. The Labute approximate surface area is 120 Å². The van der Waals surface area contributed by atoms with E-state index in [-0.39, 0.29) is 11.3 Å². The predicted molar refractivity (Wildman–Crippen MR) is 75.9 cm³/mol. The van der Waals surface area contributed by atoms with Gasteiger partial charge < -0.3 is 5.32 Å². The Bertz CT molecular complexity index is 410. The summed E-state index contributed by atoms with van der Waals surface area (Å²) in [5, 5.41) is 3.11. The number of aromatic nitrogens is 1. The lowest BCUT2D eigenvalue weighted by atomic mass is 9.89. The van der Waals surface area contributed by atoms with E-state index in [1.807, 2.05) is 6.07 Å². The van der Waals surface area contributed by atoms with Crippen molar-refractivity contribution in [1.29, 1.82) is 0 Å². The van der Waals surface area contributed by atoms with Gasteiger partial charge in [0.2, 0.25) is 0 Å². The summed E-state index contributed by atoms with van der Waals surface area (Å²) in [7, 11) is 0. The quantitative estimate of drug-likeness (QED) is 0.863. The molecule has 1 fully saturated rings. The third kappa shape index (κ3) is 3.69. The first-order valence-corrected chi connectivity index (χ1v) is 7.43. The average Bonchev–Trinajstić information content (AvgIpc) is 2.38. The zero-order chi connectivity index (χ0) is 13.0. The minimum Gasteiger partial charge on any atom is -0.350 e. The maximum Gasteiger partial charge on any atom is 0.269 e. The molecule has 1 aliphatic carbocycles. The standard InChI is InChI=1S/C13H16BrClN2O/c14-10-5-6-12(16-8-10)13(18)17-7-9-3-1-2-4-11(9)15/h5-6,8-9,11H,1-4,7H2,(H,17,18). The van der Waals surface area contributed by atoms with E-state index in [0.29, 0.717) is 18.2 Å². The van der Waals surface area contributed by atoms with Crippen LogP contribution in [0.2, 0.25) is 0 Å². The maximum absolute atomic E-state index is 11.9. The van der Waals surface area contributed by atoms with Crippen LogP contribution in [0, 0.1) is 5.92 Å². The van der Waals surface area contributed by atoms with Gasteiger partial charge in [-0.05, 0) is 46.8 Å². The van der Waals surface area contributed by atoms with Crippen molar-refractivity contribution < 1.29 is 4.79 Å². The average molecular weight is 332 g/mol. The second-order valence-corrected chi connectivity index (χ2v) is 6.11. The zero-order valence-corrected chi connectivity index (χ0v) is 12.4. The van der Waals surface area contributed by atoms with Gasteiger partial charge >= 0.3 is 0 Å². The zero-order valence-electron chi connectivity index (χ0n) is 10.0. The molecule has 2 rings (SSSR count). The molecule has 1 aromatic heterocycles. The van der Waals surface area contributed by atoms with Crippen molar-refractivity contribution >= 4 is 33.4 Å². The normalized spacial score (nSPS) is 23.7. The first-order valence-electron chi connectivity index (χ1n) is 6.20. The summed E-state index contributed by atoms with van der Waals surface area (Å²) in [6.45, 7) is 0.644. The van der Waals surface area contributed by atoms with Crippen LogP contribution in [0.3, 0.4) is 0 Å². The molecule has 18 heavy (non-hydrogen) atoms. The van der Waals surface area contributed by atoms with Gasteiger partial charge in [0.1, 0.15) is 5.69 Å². The first-order chi connectivity index (χ1) is 8.66. The van der Waals surface area contributed by atoms with Crippen molar-refractivity contribution in [3.8, 4) is 0 Å². The van der Waals surface area contributed by atoms with Crippen LogP contribution in [0.1, 0.15) is 36.2 Å². The van der Waals surface area contributed by atoms with Gasteiger partial charge in [-0.3, -0.25) is 4.79 Å². The lowest BCUT2D eigenvalue weighted by Crippen LogP contribution is -2.35. The SMILES string of the molecule is O=C(NCC1CCCCC1Cl)c1ccc(Br)cn1. The Morgan fingerprint density at radius 3 is 2.89 bits per heavy atom. The van der Waals surface area contributed by atoms with Crippen molar-refractivity contribution in [1.82, 2.24) is 10.3 Å². The number of carbonyl (C=O) groups is 1. The molecule has 0 spiro atoms. The van der Waals surface area contributed by atoms with Gasteiger partial charge in [0.25, 0.3) is 5.91 Å². The van der Waals surface area contributed by atoms with Crippen molar-refractivity contribution in [2.24, 2.45) is 5.92 Å². The van der Waals surface area contributed by atoms with Gasteiger partial charge in [-0.15, -0.1) is 11.6 Å². The number of nitrogens with zero attached hydrogens (tertiary/aromatic N) is 1. The summed E-state index contributed by atoms with van der Waals surface area (Å²) in [5.74, 6) is 0.261. The van der Waals surface area contributed by atoms with Gasteiger partial charge in [0.05, 0.1) is 0 Å². The molecular weight excluding hydrogens is 316 g/mol. The third-order valence-electron chi connectivity index (χ3n) is 3.30. The Morgan fingerprint density at radius 1 is 1.44 bits per heavy atom. The van der Waals surface area contributed by atoms with Crippen LogP contribution in [0.4, 0.5) is 0 Å². The van der Waals surface area contributed by atoms with Crippen LogP contribution in [-0.2, 0) is 0 Å². The maximum atomic E-state index is 11.9. The molecule has 1 N–H and O–H groups in total. The molecule has 0 aromatic carbocycles. The van der Waals surface area contributed by atoms with Crippen LogP contribution < -0.4 is 5.32 Å². The van der Waals surface area contributed by atoms with E-state index in [1.54, 1.807) is 12.3 Å². The summed E-state index contributed by atoms with van der Waals surface area (Å²) >= 11 is 9.55. The number of amides is 1. The van der Waals surface area contributed by atoms with Crippen LogP contribution in [0.5, 0.6) is 0 Å². The van der Waals surface area contributed by atoms with E-state index in [9.17, 15) is 4.79 Å². The van der Waals surface area contributed by atoms with E-state index < -0.39 is 0 Å². The molecule has 0 bridgehead atoms. The minimum atomic E-state index is -0.128. The smallest absolute Gasteiger partial charge is 0.269 e. The fourth-order valence-electron chi connectivity index (χ4n) is 2.22. The predicted octanol–water partition coefficient (Wildman–Crippen LogP) is 3.37. The Balaban J connectivity index is 1.86. The highest BCUT2D eigenvalue weighted by Crippen LogP contribution is 2.28. The van der Waals surface area contributed by atoms with Crippen molar-refractivity contribution in [2.75, 3.05) is 6.54 Å². The van der Waals surface area contributed by atoms with Crippen LogP contribution in [0.15, 0.2) is 22.8 Å². The van der Waals surface area contributed by atoms with E-state index in [2.05, 4.69) is 26.2 Å². The molecule has 98 valence electrons. The van der Waals surface area contributed by atoms with E-state index >= 15 is 0 Å². The number of nitrogens with one attached hydrogen (secondary N) is 1.